The highest BCUT2D eigenvalue weighted by atomic mass is 35.5. The largest absolute Gasteiger partial charge is 0.289 e. The van der Waals surface area contributed by atoms with Crippen molar-refractivity contribution in [2.24, 2.45) is 0 Å². The summed E-state index contributed by atoms with van der Waals surface area (Å²) in [5, 5.41) is 8.40. The van der Waals surface area contributed by atoms with E-state index in [9.17, 15) is 4.79 Å². The van der Waals surface area contributed by atoms with Crippen LogP contribution >= 0.6 is 11.6 Å². The summed E-state index contributed by atoms with van der Waals surface area (Å²) in [6.45, 7) is 0. The van der Waals surface area contributed by atoms with Crippen LogP contribution < -0.4 is 5.48 Å². The maximum absolute atomic E-state index is 10.9. The zero-order chi connectivity index (χ0) is 20.5. The summed E-state index contributed by atoms with van der Waals surface area (Å²) in [6, 6.07) is 0. The van der Waals surface area contributed by atoms with Gasteiger partial charge in [-0.1, -0.05) is 122 Å². The minimum atomic E-state index is -0.260. The van der Waals surface area contributed by atoms with Gasteiger partial charge in [0.1, 0.15) is 0 Å². The molecule has 168 valence electrons. The smallest absolute Gasteiger partial charge is 0.243 e. The van der Waals surface area contributed by atoms with Crippen molar-refractivity contribution in [2.45, 2.75) is 141 Å². The highest BCUT2D eigenvalue weighted by Crippen LogP contribution is 2.15. The van der Waals surface area contributed by atoms with Gasteiger partial charge < -0.3 is 0 Å². The van der Waals surface area contributed by atoms with Crippen molar-refractivity contribution in [3.8, 4) is 0 Å². The molecule has 0 radical (unpaired) electrons. The summed E-state index contributed by atoms with van der Waals surface area (Å²) in [7, 11) is 0. The second kappa shape index (κ2) is 24.8. The SMILES string of the molecule is O=C(CCCCCCCCCCCCCCCCCCCCCCCCl)NO. The number of carbonyl (C=O) groups excluding carboxylic acids is 1. The van der Waals surface area contributed by atoms with E-state index in [0.29, 0.717) is 6.42 Å². The average molecular weight is 418 g/mol. The number of hydrogen-bond donors (Lipinski definition) is 2. The van der Waals surface area contributed by atoms with Gasteiger partial charge in [0.25, 0.3) is 0 Å². The number of rotatable bonds is 23. The van der Waals surface area contributed by atoms with Crippen molar-refractivity contribution >= 4 is 17.5 Å². The molecule has 4 heteroatoms. The fourth-order valence-corrected chi connectivity index (χ4v) is 3.98. The molecule has 1 amide bonds. The molecular weight excluding hydrogens is 370 g/mol. The molecule has 0 heterocycles. The van der Waals surface area contributed by atoms with E-state index in [2.05, 4.69) is 0 Å². The minimum Gasteiger partial charge on any atom is -0.289 e. The molecule has 0 rings (SSSR count). The van der Waals surface area contributed by atoms with Crippen LogP contribution in [0.3, 0.4) is 0 Å². The van der Waals surface area contributed by atoms with Crippen LogP contribution in [0.15, 0.2) is 0 Å². The lowest BCUT2D eigenvalue weighted by molar-refractivity contribution is -0.129. The third kappa shape index (κ3) is 23.8. The Morgan fingerprint density at radius 2 is 0.750 bits per heavy atom. The van der Waals surface area contributed by atoms with Crippen LogP contribution in [0.4, 0.5) is 0 Å². The minimum absolute atomic E-state index is 0.260. The van der Waals surface area contributed by atoms with Gasteiger partial charge in [-0.25, -0.2) is 5.48 Å². The topological polar surface area (TPSA) is 49.3 Å². The first kappa shape index (κ1) is 27.7. The number of hydroxylamine groups is 1. The number of halogens is 1. The average Bonchev–Trinajstić information content (AvgIpc) is 2.71. The molecule has 3 nitrogen and oxygen atoms in total. The van der Waals surface area contributed by atoms with Gasteiger partial charge in [-0.15, -0.1) is 11.6 Å². The molecule has 0 atom stereocenters. The van der Waals surface area contributed by atoms with Gasteiger partial charge >= 0.3 is 0 Å². The van der Waals surface area contributed by atoms with Crippen LogP contribution in [0.2, 0.25) is 0 Å². The summed E-state index contributed by atoms with van der Waals surface area (Å²) in [5.74, 6) is 0.570. The second-order valence-electron chi connectivity index (χ2n) is 8.40. The highest BCUT2D eigenvalue weighted by molar-refractivity contribution is 6.17. The number of amides is 1. The van der Waals surface area contributed by atoms with E-state index in [1.165, 1.54) is 122 Å². The number of carbonyl (C=O) groups is 1. The molecular formula is C24H48ClNO2. The quantitative estimate of drug-likeness (QED) is 0.0759. The molecule has 0 aromatic carbocycles. The molecule has 0 bridgehead atoms. The van der Waals surface area contributed by atoms with E-state index in [4.69, 9.17) is 16.8 Å². The summed E-state index contributed by atoms with van der Waals surface area (Å²) < 4.78 is 0. The van der Waals surface area contributed by atoms with E-state index < -0.39 is 0 Å². The molecule has 0 aliphatic carbocycles. The van der Waals surface area contributed by atoms with Crippen LogP contribution in [0, 0.1) is 0 Å². The molecule has 0 aliphatic rings. The van der Waals surface area contributed by atoms with E-state index in [1.807, 2.05) is 0 Å². The molecule has 0 saturated carbocycles. The molecule has 0 unspecified atom stereocenters. The lowest BCUT2D eigenvalue weighted by Gasteiger charge is -2.04. The van der Waals surface area contributed by atoms with Crippen LogP contribution in [0.25, 0.3) is 0 Å². The van der Waals surface area contributed by atoms with Gasteiger partial charge in [0.05, 0.1) is 0 Å². The summed E-state index contributed by atoms with van der Waals surface area (Å²) in [6.07, 6.45) is 28.6. The Morgan fingerprint density at radius 1 is 0.500 bits per heavy atom. The zero-order valence-electron chi connectivity index (χ0n) is 18.5. The van der Waals surface area contributed by atoms with Crippen molar-refractivity contribution < 1.29 is 10.0 Å². The van der Waals surface area contributed by atoms with E-state index in [-0.39, 0.29) is 5.91 Å². The van der Waals surface area contributed by atoms with Crippen LogP contribution in [-0.4, -0.2) is 17.0 Å². The predicted molar refractivity (Wildman–Crippen MR) is 122 cm³/mol. The Hall–Kier alpha value is -0.280. The first-order valence-corrected chi connectivity index (χ1v) is 12.8. The summed E-state index contributed by atoms with van der Waals surface area (Å²) in [4.78, 5) is 10.9. The lowest BCUT2D eigenvalue weighted by atomic mass is 10.0. The Morgan fingerprint density at radius 3 is 1.00 bits per heavy atom. The summed E-state index contributed by atoms with van der Waals surface area (Å²) in [5.41, 5.74) is 1.69. The molecule has 0 aliphatic heterocycles. The van der Waals surface area contributed by atoms with Gasteiger partial charge in [-0.05, 0) is 12.8 Å². The molecule has 0 aromatic heterocycles. The van der Waals surface area contributed by atoms with Crippen molar-refractivity contribution in [1.82, 2.24) is 5.48 Å². The van der Waals surface area contributed by atoms with E-state index in [0.717, 1.165) is 18.7 Å². The van der Waals surface area contributed by atoms with Crippen molar-refractivity contribution in [3.05, 3.63) is 0 Å². The van der Waals surface area contributed by atoms with Gasteiger partial charge in [0, 0.05) is 12.3 Å². The Bertz CT molecular complexity index is 313. The Kier molecular flexibility index (Phi) is 24.5. The van der Waals surface area contributed by atoms with E-state index >= 15 is 0 Å². The lowest BCUT2D eigenvalue weighted by Crippen LogP contribution is -2.17. The maximum Gasteiger partial charge on any atom is 0.243 e. The molecule has 0 saturated heterocycles. The van der Waals surface area contributed by atoms with Gasteiger partial charge in [0.15, 0.2) is 0 Å². The molecule has 0 fully saturated rings. The number of unbranched alkanes of at least 4 members (excludes halogenated alkanes) is 20. The summed E-state index contributed by atoms with van der Waals surface area (Å²) >= 11 is 5.69. The predicted octanol–water partition coefficient (Wildman–Crippen LogP) is 8.31. The van der Waals surface area contributed by atoms with Crippen LogP contribution in [0.1, 0.15) is 141 Å². The Labute approximate surface area is 180 Å². The standard InChI is InChI=1S/C24H48ClNO2/c25-23-21-19-17-15-13-11-9-7-5-3-1-2-4-6-8-10-12-14-16-18-20-22-24(27)26-28/h28H,1-23H2,(H,26,27). The van der Waals surface area contributed by atoms with Crippen molar-refractivity contribution in [2.75, 3.05) is 5.88 Å². The molecule has 28 heavy (non-hydrogen) atoms. The molecule has 2 N–H and O–H groups in total. The van der Waals surface area contributed by atoms with Gasteiger partial charge in [0.2, 0.25) is 5.91 Å². The van der Waals surface area contributed by atoms with Gasteiger partial charge in [-0.2, -0.15) is 0 Å². The fraction of sp³-hybridized carbons (Fsp3) is 0.958. The third-order valence-electron chi connectivity index (χ3n) is 5.66. The normalized spacial score (nSPS) is 11.1. The number of hydrogen-bond acceptors (Lipinski definition) is 2. The first-order chi connectivity index (χ1) is 13.8. The fourth-order valence-electron chi connectivity index (χ4n) is 3.79. The van der Waals surface area contributed by atoms with E-state index in [1.54, 1.807) is 5.48 Å². The molecule has 0 spiro atoms. The van der Waals surface area contributed by atoms with Crippen molar-refractivity contribution in [1.29, 1.82) is 0 Å². The van der Waals surface area contributed by atoms with Crippen LogP contribution in [-0.2, 0) is 4.79 Å². The monoisotopic (exact) mass is 417 g/mol. The number of nitrogens with one attached hydrogen (secondary N) is 1. The molecule has 0 aromatic rings. The number of alkyl halides is 1. The zero-order valence-corrected chi connectivity index (χ0v) is 19.3. The highest BCUT2D eigenvalue weighted by Gasteiger charge is 1.98. The third-order valence-corrected chi connectivity index (χ3v) is 5.93. The van der Waals surface area contributed by atoms with Crippen LogP contribution in [0.5, 0.6) is 0 Å². The first-order valence-electron chi connectivity index (χ1n) is 12.3. The second-order valence-corrected chi connectivity index (χ2v) is 8.78. The van der Waals surface area contributed by atoms with Gasteiger partial charge in [-0.3, -0.25) is 10.0 Å². The maximum atomic E-state index is 10.9. The van der Waals surface area contributed by atoms with Crippen molar-refractivity contribution in [3.63, 3.8) is 0 Å². The Balaban J connectivity index is 3.00.